The molecule has 0 spiro atoms. The Kier molecular flexibility index (Phi) is 10.5. The molecular weight excluding hydrogens is 286 g/mol. The fourth-order valence-corrected chi connectivity index (χ4v) is 1.77. The lowest BCUT2D eigenvalue weighted by molar-refractivity contribution is -0.141. The molecule has 7 heteroatoms. The Hall–Kier alpha value is -2.07. The number of carbonyl (C=O) groups is 2. The van der Waals surface area contributed by atoms with Gasteiger partial charge in [-0.25, -0.2) is 4.79 Å². The topological polar surface area (TPSA) is 122 Å². The van der Waals surface area contributed by atoms with E-state index in [2.05, 4.69) is 10.6 Å². The van der Waals surface area contributed by atoms with E-state index < -0.39 is 17.9 Å². The number of nitriles is 1. The van der Waals surface area contributed by atoms with Crippen molar-refractivity contribution in [3.05, 3.63) is 11.8 Å². The summed E-state index contributed by atoms with van der Waals surface area (Å²) in [5.41, 5.74) is -0.155. The molecular formula is C15H25N3O4. The summed E-state index contributed by atoms with van der Waals surface area (Å²) < 4.78 is 0. The smallest absolute Gasteiger partial charge is 0.326 e. The fraction of sp³-hybridized carbons (Fsp3) is 0.667. The van der Waals surface area contributed by atoms with Crippen LogP contribution in [-0.2, 0) is 9.59 Å². The van der Waals surface area contributed by atoms with E-state index in [9.17, 15) is 9.59 Å². The first-order valence-electron chi connectivity index (χ1n) is 7.40. The zero-order valence-electron chi connectivity index (χ0n) is 13.1. The Morgan fingerprint density at radius 2 is 1.95 bits per heavy atom. The highest BCUT2D eigenvalue weighted by Crippen LogP contribution is 2.06. The number of aliphatic hydroxyl groups is 1. The van der Waals surface area contributed by atoms with Gasteiger partial charge in [-0.05, 0) is 31.6 Å². The van der Waals surface area contributed by atoms with Gasteiger partial charge in [-0.1, -0.05) is 13.8 Å². The van der Waals surface area contributed by atoms with Gasteiger partial charge in [0.05, 0.1) is 0 Å². The Labute approximate surface area is 131 Å². The van der Waals surface area contributed by atoms with Crippen LogP contribution in [0.25, 0.3) is 0 Å². The molecule has 0 bridgehead atoms. The Morgan fingerprint density at radius 1 is 1.27 bits per heavy atom. The van der Waals surface area contributed by atoms with E-state index in [-0.39, 0.29) is 18.1 Å². The second kappa shape index (κ2) is 11.6. The molecule has 0 aromatic heterocycles. The van der Waals surface area contributed by atoms with Crippen LogP contribution in [0.4, 0.5) is 0 Å². The predicted octanol–water partition coefficient (Wildman–Crippen LogP) is 0.762. The molecule has 1 unspecified atom stereocenters. The monoisotopic (exact) mass is 311 g/mol. The molecule has 0 fully saturated rings. The largest absolute Gasteiger partial charge is 0.480 e. The third kappa shape index (κ3) is 8.97. The third-order valence-electron chi connectivity index (χ3n) is 2.90. The van der Waals surface area contributed by atoms with Crippen molar-refractivity contribution in [1.82, 2.24) is 10.6 Å². The number of hydrogen-bond donors (Lipinski definition) is 4. The maximum atomic E-state index is 11.9. The van der Waals surface area contributed by atoms with Gasteiger partial charge in [0.2, 0.25) is 0 Å². The summed E-state index contributed by atoms with van der Waals surface area (Å²) in [7, 11) is 0. The van der Waals surface area contributed by atoms with E-state index in [4.69, 9.17) is 15.5 Å². The molecule has 0 aliphatic rings. The van der Waals surface area contributed by atoms with Crippen LogP contribution in [0.1, 0.15) is 39.5 Å². The van der Waals surface area contributed by atoms with Gasteiger partial charge < -0.3 is 20.8 Å². The first-order chi connectivity index (χ1) is 10.4. The molecule has 7 nitrogen and oxygen atoms in total. The standard InChI is InChI=1S/C15H25N3O4/c1-11(2)8-13(15(21)22)18-14(20)12(9-16)10-17-6-4-3-5-7-19/h10-11,13,17,19H,3-8H2,1-2H3,(H,18,20)(H,21,22)/b12-10-. The number of carbonyl (C=O) groups excluding carboxylic acids is 1. The normalized spacial score (nSPS) is 12.6. The molecule has 124 valence electrons. The lowest BCUT2D eigenvalue weighted by Gasteiger charge is -2.16. The minimum atomic E-state index is -1.11. The number of amides is 1. The highest BCUT2D eigenvalue weighted by atomic mass is 16.4. The maximum Gasteiger partial charge on any atom is 0.326 e. The van der Waals surface area contributed by atoms with Crippen molar-refractivity contribution in [1.29, 1.82) is 5.26 Å². The van der Waals surface area contributed by atoms with Crippen molar-refractivity contribution in [3.8, 4) is 6.07 Å². The Morgan fingerprint density at radius 3 is 2.45 bits per heavy atom. The highest BCUT2D eigenvalue weighted by molar-refractivity contribution is 5.99. The SMILES string of the molecule is CC(C)CC(NC(=O)/C(C#N)=C\NCCCCCO)C(=O)O. The van der Waals surface area contributed by atoms with Crippen LogP contribution in [0.5, 0.6) is 0 Å². The molecule has 4 N–H and O–H groups in total. The molecule has 0 radical (unpaired) electrons. The summed E-state index contributed by atoms with van der Waals surface area (Å²) in [5.74, 6) is -1.70. The summed E-state index contributed by atoms with van der Waals surface area (Å²) >= 11 is 0. The number of nitrogens with one attached hydrogen (secondary N) is 2. The van der Waals surface area contributed by atoms with Gasteiger partial charge in [0.15, 0.2) is 0 Å². The number of unbranched alkanes of at least 4 members (excludes halogenated alkanes) is 2. The summed E-state index contributed by atoms with van der Waals surface area (Å²) in [4.78, 5) is 23.0. The van der Waals surface area contributed by atoms with Gasteiger partial charge in [-0.2, -0.15) is 5.26 Å². The minimum Gasteiger partial charge on any atom is -0.480 e. The lowest BCUT2D eigenvalue weighted by atomic mass is 10.0. The molecule has 0 rings (SSSR count). The summed E-state index contributed by atoms with van der Waals surface area (Å²) in [5, 5.41) is 31.9. The number of carboxylic acids is 1. The second-order valence-electron chi connectivity index (χ2n) is 5.40. The van der Waals surface area contributed by atoms with Crippen molar-refractivity contribution in [3.63, 3.8) is 0 Å². The van der Waals surface area contributed by atoms with Gasteiger partial charge in [0, 0.05) is 19.4 Å². The molecule has 0 saturated heterocycles. The van der Waals surface area contributed by atoms with Crippen LogP contribution >= 0.6 is 0 Å². The number of carboxylic acid groups (broad SMARTS) is 1. The van der Waals surface area contributed by atoms with Gasteiger partial charge in [-0.15, -0.1) is 0 Å². The van der Waals surface area contributed by atoms with Gasteiger partial charge in [-0.3, -0.25) is 4.79 Å². The van der Waals surface area contributed by atoms with Crippen LogP contribution in [0.3, 0.4) is 0 Å². The van der Waals surface area contributed by atoms with E-state index in [0.29, 0.717) is 19.4 Å². The Bertz CT molecular complexity index is 427. The molecule has 0 heterocycles. The average molecular weight is 311 g/mol. The molecule has 22 heavy (non-hydrogen) atoms. The second-order valence-corrected chi connectivity index (χ2v) is 5.40. The molecule has 0 saturated carbocycles. The van der Waals surface area contributed by atoms with Crippen molar-refractivity contribution in [2.45, 2.75) is 45.6 Å². The van der Waals surface area contributed by atoms with Gasteiger partial charge in [0.1, 0.15) is 17.7 Å². The van der Waals surface area contributed by atoms with E-state index >= 15 is 0 Å². The van der Waals surface area contributed by atoms with Crippen molar-refractivity contribution in [2.24, 2.45) is 5.92 Å². The number of rotatable bonds is 11. The fourth-order valence-electron chi connectivity index (χ4n) is 1.77. The average Bonchev–Trinajstić information content (AvgIpc) is 2.45. The van der Waals surface area contributed by atoms with E-state index in [0.717, 1.165) is 12.8 Å². The first kappa shape index (κ1) is 19.9. The van der Waals surface area contributed by atoms with Gasteiger partial charge in [0.25, 0.3) is 5.91 Å². The summed E-state index contributed by atoms with van der Waals surface area (Å²) in [6.45, 7) is 4.44. The molecule has 1 atom stereocenters. The van der Waals surface area contributed by atoms with Crippen LogP contribution in [-0.4, -0.2) is 41.3 Å². The zero-order valence-corrected chi connectivity index (χ0v) is 13.1. The molecule has 0 aliphatic heterocycles. The van der Waals surface area contributed by atoms with E-state index in [1.807, 2.05) is 13.8 Å². The number of nitrogens with zero attached hydrogens (tertiary/aromatic N) is 1. The van der Waals surface area contributed by atoms with Crippen molar-refractivity contribution >= 4 is 11.9 Å². The van der Waals surface area contributed by atoms with E-state index in [1.54, 1.807) is 6.07 Å². The van der Waals surface area contributed by atoms with Gasteiger partial charge >= 0.3 is 5.97 Å². The first-order valence-corrected chi connectivity index (χ1v) is 7.40. The molecule has 0 aliphatic carbocycles. The van der Waals surface area contributed by atoms with Crippen LogP contribution < -0.4 is 10.6 Å². The van der Waals surface area contributed by atoms with Crippen LogP contribution in [0, 0.1) is 17.2 Å². The zero-order chi connectivity index (χ0) is 17.0. The molecule has 1 amide bonds. The number of aliphatic hydroxyl groups excluding tert-OH is 1. The maximum absolute atomic E-state index is 11.9. The van der Waals surface area contributed by atoms with Crippen LogP contribution in [0.15, 0.2) is 11.8 Å². The number of hydrogen-bond acceptors (Lipinski definition) is 5. The summed E-state index contributed by atoms with van der Waals surface area (Å²) in [6, 6.07) is 0.749. The summed E-state index contributed by atoms with van der Waals surface area (Å²) in [6.07, 6.45) is 3.97. The van der Waals surface area contributed by atoms with Crippen molar-refractivity contribution in [2.75, 3.05) is 13.2 Å². The highest BCUT2D eigenvalue weighted by Gasteiger charge is 2.22. The third-order valence-corrected chi connectivity index (χ3v) is 2.90. The molecule has 0 aromatic rings. The molecule has 0 aromatic carbocycles. The number of aliphatic carboxylic acids is 1. The lowest BCUT2D eigenvalue weighted by Crippen LogP contribution is -2.42. The quantitative estimate of drug-likeness (QED) is 0.254. The minimum absolute atomic E-state index is 0.112. The van der Waals surface area contributed by atoms with Crippen molar-refractivity contribution < 1.29 is 19.8 Å². The van der Waals surface area contributed by atoms with Crippen LogP contribution in [0.2, 0.25) is 0 Å². The predicted molar refractivity (Wildman–Crippen MR) is 81.7 cm³/mol. The van der Waals surface area contributed by atoms with E-state index in [1.165, 1.54) is 6.20 Å². The Balaban J connectivity index is 4.44.